The number of nitrogens with zero attached hydrogens (tertiary/aromatic N) is 3. The van der Waals surface area contributed by atoms with E-state index in [4.69, 9.17) is 0 Å². The van der Waals surface area contributed by atoms with Gasteiger partial charge in [-0.15, -0.1) is 0 Å². The summed E-state index contributed by atoms with van der Waals surface area (Å²) in [7, 11) is 6.14. The third-order valence-electron chi connectivity index (χ3n) is 4.09. The SMILES string of the molecule is CCC1(NCc2cnc(N(C)C)n2C)CCC1. The van der Waals surface area contributed by atoms with E-state index in [1.54, 1.807) is 0 Å². The van der Waals surface area contributed by atoms with Gasteiger partial charge < -0.3 is 14.8 Å². The van der Waals surface area contributed by atoms with Crippen LogP contribution in [0.2, 0.25) is 0 Å². The maximum Gasteiger partial charge on any atom is 0.204 e. The molecular formula is C13H24N4. The van der Waals surface area contributed by atoms with Gasteiger partial charge in [0, 0.05) is 33.2 Å². The fraction of sp³-hybridized carbons (Fsp3) is 0.769. The number of hydrogen-bond donors (Lipinski definition) is 1. The number of anilines is 1. The summed E-state index contributed by atoms with van der Waals surface area (Å²) in [6, 6.07) is 0. The molecule has 0 atom stereocenters. The fourth-order valence-electron chi connectivity index (χ4n) is 2.55. The summed E-state index contributed by atoms with van der Waals surface area (Å²) >= 11 is 0. The predicted octanol–water partition coefficient (Wildman–Crippen LogP) is 1.91. The van der Waals surface area contributed by atoms with Crippen molar-refractivity contribution in [3.05, 3.63) is 11.9 Å². The number of imidazole rings is 1. The largest absolute Gasteiger partial charge is 0.348 e. The van der Waals surface area contributed by atoms with Gasteiger partial charge in [0.25, 0.3) is 0 Å². The molecule has 2 rings (SSSR count). The summed E-state index contributed by atoms with van der Waals surface area (Å²) in [6.45, 7) is 3.20. The Morgan fingerprint density at radius 3 is 2.59 bits per heavy atom. The first-order chi connectivity index (χ1) is 8.08. The van der Waals surface area contributed by atoms with Crippen LogP contribution < -0.4 is 10.2 Å². The van der Waals surface area contributed by atoms with Gasteiger partial charge in [0.2, 0.25) is 5.95 Å². The molecule has 1 saturated carbocycles. The number of nitrogens with one attached hydrogen (secondary N) is 1. The second-order valence-electron chi connectivity index (χ2n) is 5.34. The minimum Gasteiger partial charge on any atom is -0.348 e. The summed E-state index contributed by atoms with van der Waals surface area (Å²) in [4.78, 5) is 6.48. The van der Waals surface area contributed by atoms with Crippen LogP contribution in [0.1, 0.15) is 38.3 Å². The van der Waals surface area contributed by atoms with E-state index >= 15 is 0 Å². The first-order valence-corrected chi connectivity index (χ1v) is 6.51. The van der Waals surface area contributed by atoms with Gasteiger partial charge in [0.15, 0.2) is 0 Å². The molecule has 0 aliphatic heterocycles. The Labute approximate surface area is 104 Å². The molecular weight excluding hydrogens is 212 g/mol. The molecule has 17 heavy (non-hydrogen) atoms. The van der Waals surface area contributed by atoms with Crippen LogP contribution in [-0.2, 0) is 13.6 Å². The van der Waals surface area contributed by atoms with Crippen molar-refractivity contribution >= 4 is 5.95 Å². The summed E-state index contributed by atoms with van der Waals surface area (Å²) < 4.78 is 2.16. The Morgan fingerprint density at radius 2 is 2.18 bits per heavy atom. The average molecular weight is 236 g/mol. The molecule has 4 heteroatoms. The van der Waals surface area contributed by atoms with Crippen molar-refractivity contribution in [2.24, 2.45) is 7.05 Å². The highest BCUT2D eigenvalue weighted by Crippen LogP contribution is 2.34. The summed E-state index contributed by atoms with van der Waals surface area (Å²) in [5.74, 6) is 1.01. The first kappa shape index (κ1) is 12.4. The van der Waals surface area contributed by atoms with Crippen LogP contribution in [0.5, 0.6) is 0 Å². The quantitative estimate of drug-likeness (QED) is 0.848. The zero-order valence-corrected chi connectivity index (χ0v) is 11.5. The van der Waals surface area contributed by atoms with Gasteiger partial charge in [0.05, 0.1) is 11.9 Å². The molecule has 0 unspecified atom stereocenters. The third-order valence-corrected chi connectivity index (χ3v) is 4.09. The number of rotatable bonds is 5. The second kappa shape index (κ2) is 4.69. The maximum absolute atomic E-state index is 4.43. The van der Waals surface area contributed by atoms with E-state index in [1.165, 1.54) is 31.4 Å². The van der Waals surface area contributed by atoms with Crippen molar-refractivity contribution in [1.82, 2.24) is 14.9 Å². The predicted molar refractivity (Wildman–Crippen MR) is 71.2 cm³/mol. The smallest absolute Gasteiger partial charge is 0.204 e. The Hall–Kier alpha value is -1.03. The average Bonchev–Trinajstić information content (AvgIpc) is 2.59. The minimum absolute atomic E-state index is 0.405. The summed E-state index contributed by atoms with van der Waals surface area (Å²) in [5.41, 5.74) is 1.66. The van der Waals surface area contributed by atoms with Gasteiger partial charge in [-0.2, -0.15) is 0 Å². The third kappa shape index (κ3) is 2.32. The normalized spacial score (nSPS) is 17.9. The molecule has 1 aliphatic rings. The van der Waals surface area contributed by atoms with Crippen LogP contribution in [0.15, 0.2) is 6.20 Å². The van der Waals surface area contributed by atoms with Crippen LogP contribution >= 0.6 is 0 Å². The van der Waals surface area contributed by atoms with Crippen LogP contribution in [0.3, 0.4) is 0 Å². The van der Waals surface area contributed by atoms with Gasteiger partial charge in [-0.25, -0.2) is 4.98 Å². The van der Waals surface area contributed by atoms with Gasteiger partial charge >= 0.3 is 0 Å². The Morgan fingerprint density at radius 1 is 1.47 bits per heavy atom. The van der Waals surface area contributed by atoms with E-state index < -0.39 is 0 Å². The summed E-state index contributed by atoms with van der Waals surface area (Å²) in [5, 5.41) is 3.71. The zero-order chi connectivity index (χ0) is 12.5. The van der Waals surface area contributed by atoms with E-state index in [0.717, 1.165) is 12.5 Å². The molecule has 1 aliphatic carbocycles. The molecule has 0 saturated heterocycles. The fourth-order valence-corrected chi connectivity index (χ4v) is 2.55. The van der Waals surface area contributed by atoms with Crippen molar-refractivity contribution in [2.75, 3.05) is 19.0 Å². The van der Waals surface area contributed by atoms with E-state index in [2.05, 4.69) is 28.8 Å². The van der Waals surface area contributed by atoms with Gasteiger partial charge in [-0.05, 0) is 25.7 Å². The van der Waals surface area contributed by atoms with Crippen molar-refractivity contribution in [2.45, 2.75) is 44.7 Å². The Balaban J connectivity index is 1.99. The van der Waals surface area contributed by atoms with Crippen molar-refractivity contribution in [1.29, 1.82) is 0 Å². The molecule has 0 aromatic carbocycles. The molecule has 1 fully saturated rings. The lowest BCUT2D eigenvalue weighted by atomic mass is 9.75. The van der Waals surface area contributed by atoms with Crippen LogP contribution in [0, 0.1) is 0 Å². The van der Waals surface area contributed by atoms with Crippen molar-refractivity contribution < 1.29 is 0 Å². The van der Waals surface area contributed by atoms with Crippen LogP contribution in [0.4, 0.5) is 5.95 Å². The first-order valence-electron chi connectivity index (χ1n) is 6.51. The van der Waals surface area contributed by atoms with Gasteiger partial charge in [-0.3, -0.25) is 0 Å². The van der Waals surface area contributed by atoms with E-state index in [9.17, 15) is 0 Å². The van der Waals surface area contributed by atoms with Crippen LogP contribution in [0.25, 0.3) is 0 Å². The lowest BCUT2D eigenvalue weighted by Crippen LogP contribution is -2.50. The maximum atomic E-state index is 4.43. The molecule has 4 nitrogen and oxygen atoms in total. The highest BCUT2D eigenvalue weighted by atomic mass is 15.3. The monoisotopic (exact) mass is 236 g/mol. The highest BCUT2D eigenvalue weighted by Gasteiger charge is 2.34. The zero-order valence-electron chi connectivity index (χ0n) is 11.5. The molecule has 96 valence electrons. The molecule has 0 radical (unpaired) electrons. The molecule has 1 N–H and O–H groups in total. The van der Waals surface area contributed by atoms with E-state index in [1.807, 2.05) is 25.2 Å². The molecule has 0 bridgehead atoms. The van der Waals surface area contributed by atoms with E-state index in [0.29, 0.717) is 5.54 Å². The number of aromatic nitrogens is 2. The molecule has 0 spiro atoms. The molecule has 1 aromatic rings. The van der Waals surface area contributed by atoms with Crippen LogP contribution in [-0.4, -0.2) is 29.2 Å². The Kier molecular flexibility index (Phi) is 3.43. The van der Waals surface area contributed by atoms with E-state index in [-0.39, 0.29) is 0 Å². The highest BCUT2D eigenvalue weighted by molar-refractivity contribution is 5.31. The topological polar surface area (TPSA) is 33.1 Å². The van der Waals surface area contributed by atoms with Crippen molar-refractivity contribution in [3.63, 3.8) is 0 Å². The lowest BCUT2D eigenvalue weighted by molar-refractivity contribution is 0.174. The Bertz CT molecular complexity index is 371. The molecule has 1 aromatic heterocycles. The summed E-state index contributed by atoms with van der Waals surface area (Å²) in [6.07, 6.45) is 7.22. The second-order valence-corrected chi connectivity index (χ2v) is 5.34. The molecule has 0 amide bonds. The molecule has 1 heterocycles. The lowest BCUT2D eigenvalue weighted by Gasteiger charge is -2.42. The minimum atomic E-state index is 0.405. The standard InChI is InChI=1S/C13H24N4/c1-5-13(7-6-8-13)15-10-11-9-14-12(16(2)3)17(11)4/h9,15H,5-8,10H2,1-4H3. The number of hydrogen-bond acceptors (Lipinski definition) is 3. The van der Waals surface area contributed by atoms with Gasteiger partial charge in [-0.1, -0.05) is 6.92 Å². The van der Waals surface area contributed by atoms with Gasteiger partial charge in [0.1, 0.15) is 0 Å². The van der Waals surface area contributed by atoms with Crippen molar-refractivity contribution in [3.8, 4) is 0 Å².